The predicted octanol–water partition coefficient (Wildman–Crippen LogP) is 3.20. The van der Waals surface area contributed by atoms with Crippen molar-refractivity contribution in [2.45, 2.75) is 45.1 Å². The summed E-state index contributed by atoms with van der Waals surface area (Å²) in [5.41, 5.74) is 1.14. The maximum Gasteiger partial charge on any atom is 0.277 e. The molecule has 6 heteroatoms. The molecule has 3 rings (SSSR count). The quantitative estimate of drug-likeness (QED) is 0.790. The molecule has 0 N–H and O–H groups in total. The number of hydrogen-bond acceptors (Lipinski definition) is 3. The first kappa shape index (κ1) is 16.9. The molecule has 0 radical (unpaired) electrons. The van der Waals surface area contributed by atoms with E-state index in [9.17, 15) is 9.18 Å². The van der Waals surface area contributed by atoms with Crippen LogP contribution in [-0.2, 0) is 4.74 Å². The molecule has 2 aromatic heterocycles. The van der Waals surface area contributed by atoms with Gasteiger partial charge in [0, 0.05) is 32.0 Å². The van der Waals surface area contributed by atoms with Gasteiger partial charge in [-0.1, -0.05) is 6.07 Å². The van der Waals surface area contributed by atoms with Gasteiger partial charge in [0.05, 0.1) is 0 Å². The summed E-state index contributed by atoms with van der Waals surface area (Å²) in [6, 6.07) is 5.49. The van der Waals surface area contributed by atoms with Gasteiger partial charge < -0.3 is 9.64 Å². The van der Waals surface area contributed by atoms with Crippen molar-refractivity contribution in [2.75, 3.05) is 20.3 Å². The molecule has 1 fully saturated rings. The van der Waals surface area contributed by atoms with E-state index < -0.39 is 5.95 Å². The summed E-state index contributed by atoms with van der Waals surface area (Å²) in [4.78, 5) is 19.0. The summed E-state index contributed by atoms with van der Waals surface area (Å²) >= 11 is 0. The maximum absolute atomic E-state index is 14.8. The van der Waals surface area contributed by atoms with E-state index >= 15 is 0 Å². The van der Waals surface area contributed by atoms with Crippen LogP contribution >= 0.6 is 0 Å². The first-order valence-corrected chi connectivity index (χ1v) is 8.57. The number of nitrogens with zero attached hydrogens (tertiary/aromatic N) is 3. The van der Waals surface area contributed by atoms with Crippen molar-refractivity contribution in [1.29, 1.82) is 0 Å². The zero-order valence-corrected chi connectivity index (χ0v) is 14.3. The third kappa shape index (κ3) is 3.15. The van der Waals surface area contributed by atoms with Crippen LogP contribution in [0.25, 0.3) is 5.65 Å². The number of methoxy groups -OCH3 is 1. The summed E-state index contributed by atoms with van der Waals surface area (Å²) in [5, 5.41) is 0. The molecule has 0 spiro atoms. The van der Waals surface area contributed by atoms with Crippen molar-refractivity contribution in [2.24, 2.45) is 0 Å². The van der Waals surface area contributed by atoms with Gasteiger partial charge in [-0.15, -0.1) is 0 Å². The Kier molecular flexibility index (Phi) is 5.14. The maximum atomic E-state index is 14.8. The molecule has 2 aromatic rings. The van der Waals surface area contributed by atoms with Gasteiger partial charge in [-0.2, -0.15) is 4.39 Å². The van der Waals surface area contributed by atoms with Crippen LogP contribution in [0.2, 0.25) is 0 Å². The Morgan fingerprint density at radius 3 is 3.00 bits per heavy atom. The van der Waals surface area contributed by atoms with Crippen molar-refractivity contribution in [3.63, 3.8) is 0 Å². The fraction of sp³-hybridized carbons (Fsp3) is 0.556. The van der Waals surface area contributed by atoms with Gasteiger partial charge in [0.15, 0.2) is 5.69 Å². The number of imidazole rings is 1. The van der Waals surface area contributed by atoms with Gasteiger partial charge >= 0.3 is 0 Å². The molecule has 1 unspecified atom stereocenters. The van der Waals surface area contributed by atoms with Gasteiger partial charge in [-0.3, -0.25) is 9.20 Å². The fourth-order valence-electron chi connectivity index (χ4n) is 3.52. The lowest BCUT2D eigenvalue weighted by molar-refractivity contribution is 0.0574. The number of aromatic nitrogens is 2. The van der Waals surface area contributed by atoms with Crippen molar-refractivity contribution >= 4 is 11.6 Å². The van der Waals surface area contributed by atoms with Gasteiger partial charge in [0.2, 0.25) is 5.95 Å². The molecule has 0 bridgehead atoms. The Hall–Kier alpha value is -1.95. The van der Waals surface area contributed by atoms with Crippen LogP contribution in [0.15, 0.2) is 18.2 Å². The summed E-state index contributed by atoms with van der Waals surface area (Å²) in [6.45, 7) is 3.16. The zero-order chi connectivity index (χ0) is 17.1. The van der Waals surface area contributed by atoms with Crippen LogP contribution < -0.4 is 0 Å². The number of rotatable bonds is 5. The van der Waals surface area contributed by atoms with Crippen molar-refractivity contribution in [3.8, 4) is 0 Å². The number of piperidine rings is 1. The van der Waals surface area contributed by atoms with Gasteiger partial charge in [-0.05, 0) is 51.2 Å². The first-order valence-electron chi connectivity index (χ1n) is 8.57. The molecule has 1 amide bonds. The summed E-state index contributed by atoms with van der Waals surface area (Å²) in [6.07, 6.45) is 4.81. The van der Waals surface area contributed by atoms with Crippen LogP contribution in [0.3, 0.4) is 0 Å². The first-order chi connectivity index (χ1) is 11.6. The summed E-state index contributed by atoms with van der Waals surface area (Å²) < 4.78 is 21.3. The molecular weight excluding hydrogens is 309 g/mol. The van der Waals surface area contributed by atoms with Crippen LogP contribution in [0, 0.1) is 12.9 Å². The highest BCUT2D eigenvalue weighted by Crippen LogP contribution is 2.24. The Morgan fingerprint density at radius 2 is 2.25 bits per heavy atom. The topological polar surface area (TPSA) is 46.8 Å². The number of likely N-dealkylation sites (tertiary alicyclic amines) is 1. The molecule has 24 heavy (non-hydrogen) atoms. The monoisotopic (exact) mass is 333 g/mol. The minimum Gasteiger partial charge on any atom is -0.385 e. The van der Waals surface area contributed by atoms with Crippen LogP contribution in [0.4, 0.5) is 4.39 Å². The molecule has 1 aliphatic heterocycles. The van der Waals surface area contributed by atoms with Crippen molar-refractivity contribution in [3.05, 3.63) is 35.5 Å². The van der Waals surface area contributed by atoms with Crippen LogP contribution in [0.1, 0.15) is 48.3 Å². The smallest absolute Gasteiger partial charge is 0.277 e. The fourth-order valence-corrected chi connectivity index (χ4v) is 3.52. The largest absolute Gasteiger partial charge is 0.385 e. The summed E-state index contributed by atoms with van der Waals surface area (Å²) in [5.74, 6) is -0.855. The van der Waals surface area contributed by atoms with E-state index in [1.54, 1.807) is 31.1 Å². The van der Waals surface area contributed by atoms with Crippen molar-refractivity contribution < 1.29 is 13.9 Å². The molecule has 0 aliphatic carbocycles. The highest BCUT2D eigenvalue weighted by Gasteiger charge is 2.31. The number of halogens is 1. The third-order valence-electron chi connectivity index (χ3n) is 4.76. The van der Waals surface area contributed by atoms with E-state index in [-0.39, 0.29) is 17.6 Å². The molecular formula is C18H24FN3O2. The molecule has 3 heterocycles. The molecule has 130 valence electrons. The second kappa shape index (κ2) is 7.30. The van der Waals surface area contributed by atoms with E-state index in [0.29, 0.717) is 18.8 Å². The molecule has 5 nitrogen and oxygen atoms in total. The number of pyridine rings is 1. The number of amides is 1. The van der Waals surface area contributed by atoms with E-state index in [0.717, 1.165) is 37.8 Å². The van der Waals surface area contributed by atoms with E-state index in [2.05, 4.69) is 4.98 Å². The number of carbonyl (C=O) groups excluding carboxylic acids is 1. The Bertz CT molecular complexity index is 728. The number of hydrogen-bond donors (Lipinski definition) is 0. The normalized spacial score (nSPS) is 18.3. The average Bonchev–Trinajstić information content (AvgIpc) is 2.93. The van der Waals surface area contributed by atoms with Gasteiger partial charge in [0.1, 0.15) is 5.65 Å². The predicted molar refractivity (Wildman–Crippen MR) is 89.7 cm³/mol. The zero-order valence-electron chi connectivity index (χ0n) is 14.3. The highest BCUT2D eigenvalue weighted by atomic mass is 19.1. The third-order valence-corrected chi connectivity index (χ3v) is 4.76. The lowest BCUT2D eigenvalue weighted by atomic mass is 9.97. The molecule has 1 atom stereocenters. The lowest BCUT2D eigenvalue weighted by Gasteiger charge is -2.35. The molecule has 0 aromatic carbocycles. The average molecular weight is 333 g/mol. The van der Waals surface area contributed by atoms with Gasteiger partial charge in [-0.25, -0.2) is 4.98 Å². The van der Waals surface area contributed by atoms with E-state index in [1.165, 1.54) is 4.40 Å². The number of ether oxygens (including phenoxy) is 1. The SMILES string of the molecule is COCCCC1CCCCN1C(=O)c1nc2cccc(C)n2c1F. The lowest BCUT2D eigenvalue weighted by Crippen LogP contribution is -2.44. The van der Waals surface area contributed by atoms with Crippen LogP contribution in [0.5, 0.6) is 0 Å². The summed E-state index contributed by atoms with van der Waals surface area (Å²) in [7, 11) is 1.68. The molecule has 0 saturated carbocycles. The number of fused-ring (bicyclic) bond motifs is 1. The van der Waals surface area contributed by atoms with Gasteiger partial charge in [0.25, 0.3) is 5.91 Å². The second-order valence-electron chi connectivity index (χ2n) is 6.40. The Morgan fingerprint density at radius 1 is 1.42 bits per heavy atom. The van der Waals surface area contributed by atoms with E-state index in [1.807, 2.05) is 6.07 Å². The number of carbonyl (C=O) groups is 1. The van der Waals surface area contributed by atoms with Crippen LogP contribution in [-0.4, -0.2) is 46.5 Å². The Labute approximate surface area is 141 Å². The Balaban J connectivity index is 1.86. The van der Waals surface area contributed by atoms with E-state index in [4.69, 9.17) is 4.74 Å². The minimum atomic E-state index is -0.561. The second-order valence-corrected chi connectivity index (χ2v) is 6.40. The molecule has 1 aliphatic rings. The van der Waals surface area contributed by atoms with Crippen molar-refractivity contribution in [1.82, 2.24) is 14.3 Å². The standard InChI is InChI=1S/C18H24FN3O2/c1-13-7-5-10-15-20-16(17(19)22(13)15)18(23)21-11-4-3-8-14(21)9-6-12-24-2/h5,7,10,14H,3-4,6,8-9,11-12H2,1-2H3. The number of aryl methyl sites for hydroxylation is 1. The molecule has 1 saturated heterocycles. The minimum absolute atomic E-state index is 0.0667. The highest BCUT2D eigenvalue weighted by molar-refractivity contribution is 5.93.